The second-order valence-electron chi connectivity index (χ2n) is 7.83. The van der Waals surface area contributed by atoms with Crippen LogP contribution >= 0.6 is 0 Å². The maximum Gasteiger partial charge on any atom is 0.105 e. The van der Waals surface area contributed by atoms with Gasteiger partial charge in [-0.2, -0.15) is 0 Å². The minimum atomic E-state index is -0.00141. The second kappa shape index (κ2) is 10.6. The molecule has 0 saturated carbocycles. The summed E-state index contributed by atoms with van der Waals surface area (Å²) < 4.78 is 5.67. The third-order valence-electron chi connectivity index (χ3n) is 5.34. The van der Waals surface area contributed by atoms with Crippen molar-refractivity contribution in [1.29, 1.82) is 0 Å². The van der Waals surface area contributed by atoms with Crippen molar-refractivity contribution in [2.24, 2.45) is 0 Å². The number of unbranched alkanes of at least 4 members (excludes halogenated alkanes) is 7. The summed E-state index contributed by atoms with van der Waals surface area (Å²) in [4.78, 5) is 0. The lowest BCUT2D eigenvalue weighted by Gasteiger charge is -2.09. The van der Waals surface area contributed by atoms with Gasteiger partial charge in [0.2, 0.25) is 0 Å². The molecule has 1 aromatic carbocycles. The zero-order valence-corrected chi connectivity index (χ0v) is 16.1. The highest BCUT2D eigenvalue weighted by atomic mass is 16.6. The van der Waals surface area contributed by atoms with Gasteiger partial charge in [0.05, 0.1) is 5.60 Å². The van der Waals surface area contributed by atoms with Crippen LogP contribution in [0.4, 0.5) is 0 Å². The topological polar surface area (TPSA) is 12.5 Å². The number of aryl methyl sites for hydroxylation is 1. The van der Waals surface area contributed by atoms with E-state index in [2.05, 4.69) is 50.4 Å². The number of epoxide rings is 1. The van der Waals surface area contributed by atoms with Crippen molar-refractivity contribution in [3.05, 3.63) is 60.7 Å². The van der Waals surface area contributed by atoms with E-state index in [1.807, 2.05) is 6.08 Å². The highest BCUT2D eigenvalue weighted by Gasteiger charge is 2.49. The summed E-state index contributed by atoms with van der Waals surface area (Å²) in [5.41, 5.74) is 2.82. The van der Waals surface area contributed by atoms with E-state index in [0.717, 1.165) is 12.8 Å². The quantitative estimate of drug-likeness (QED) is 0.201. The van der Waals surface area contributed by atoms with Gasteiger partial charge in [0.1, 0.15) is 6.10 Å². The Morgan fingerprint density at radius 2 is 1.60 bits per heavy atom. The van der Waals surface area contributed by atoms with Gasteiger partial charge in [0.15, 0.2) is 0 Å². The molecule has 25 heavy (non-hydrogen) atoms. The van der Waals surface area contributed by atoms with Crippen molar-refractivity contribution in [2.45, 2.75) is 89.3 Å². The van der Waals surface area contributed by atoms with Crippen LogP contribution in [-0.4, -0.2) is 11.7 Å². The molecule has 1 saturated heterocycles. The molecular formula is C24H36O. The summed E-state index contributed by atoms with van der Waals surface area (Å²) >= 11 is 0. The molecule has 0 radical (unpaired) electrons. The second-order valence-corrected chi connectivity index (χ2v) is 7.83. The SMILES string of the molecule is C=C[C@@H]1O[C@]1(C)CC(=C)CCCCCCCCCCc1ccccc1. The normalized spacial score (nSPS) is 21.9. The van der Waals surface area contributed by atoms with Gasteiger partial charge in [-0.1, -0.05) is 87.1 Å². The molecule has 0 bridgehead atoms. The third kappa shape index (κ3) is 7.61. The molecule has 1 aromatic rings. The molecule has 2 rings (SSSR count). The van der Waals surface area contributed by atoms with Crippen molar-refractivity contribution >= 4 is 0 Å². The van der Waals surface area contributed by atoms with E-state index >= 15 is 0 Å². The Morgan fingerprint density at radius 3 is 2.20 bits per heavy atom. The lowest BCUT2D eigenvalue weighted by atomic mass is 9.95. The van der Waals surface area contributed by atoms with Crippen molar-refractivity contribution in [2.75, 3.05) is 0 Å². The number of benzene rings is 1. The highest BCUT2D eigenvalue weighted by Crippen LogP contribution is 2.42. The largest absolute Gasteiger partial charge is 0.362 e. The number of ether oxygens (including phenoxy) is 1. The van der Waals surface area contributed by atoms with Crippen LogP contribution < -0.4 is 0 Å². The van der Waals surface area contributed by atoms with Crippen molar-refractivity contribution in [3.63, 3.8) is 0 Å². The number of hydrogen-bond acceptors (Lipinski definition) is 1. The summed E-state index contributed by atoms with van der Waals surface area (Å²) in [7, 11) is 0. The summed E-state index contributed by atoms with van der Waals surface area (Å²) in [6, 6.07) is 10.8. The molecule has 0 aromatic heterocycles. The molecule has 0 spiro atoms. The van der Waals surface area contributed by atoms with Crippen LogP contribution in [0.5, 0.6) is 0 Å². The average molecular weight is 341 g/mol. The molecule has 1 heteroatoms. The Kier molecular flexibility index (Phi) is 8.48. The zero-order chi connectivity index (χ0) is 18.0. The van der Waals surface area contributed by atoms with E-state index in [4.69, 9.17) is 4.74 Å². The van der Waals surface area contributed by atoms with Gasteiger partial charge in [-0.15, -0.1) is 6.58 Å². The molecule has 1 nitrogen and oxygen atoms in total. The molecule has 0 unspecified atom stereocenters. The predicted molar refractivity (Wildman–Crippen MR) is 109 cm³/mol. The Labute approximate surface area is 155 Å². The molecular weight excluding hydrogens is 304 g/mol. The minimum absolute atomic E-state index is 0.00141. The van der Waals surface area contributed by atoms with Crippen LogP contribution in [0.2, 0.25) is 0 Å². The van der Waals surface area contributed by atoms with Crippen molar-refractivity contribution in [1.82, 2.24) is 0 Å². The van der Waals surface area contributed by atoms with Crippen molar-refractivity contribution < 1.29 is 4.74 Å². The third-order valence-corrected chi connectivity index (χ3v) is 5.34. The molecule has 0 N–H and O–H groups in total. The van der Waals surface area contributed by atoms with Crippen LogP contribution in [0, 0.1) is 0 Å². The van der Waals surface area contributed by atoms with E-state index in [1.54, 1.807) is 0 Å². The fraction of sp³-hybridized carbons (Fsp3) is 0.583. The highest BCUT2D eigenvalue weighted by molar-refractivity contribution is 5.15. The lowest BCUT2D eigenvalue weighted by Crippen LogP contribution is -2.09. The van der Waals surface area contributed by atoms with Gasteiger partial charge in [-0.25, -0.2) is 0 Å². The van der Waals surface area contributed by atoms with Crippen molar-refractivity contribution in [3.8, 4) is 0 Å². The molecule has 2 atom stereocenters. The van der Waals surface area contributed by atoms with E-state index < -0.39 is 0 Å². The maximum atomic E-state index is 5.67. The van der Waals surface area contributed by atoms with Crippen LogP contribution in [0.25, 0.3) is 0 Å². The fourth-order valence-electron chi connectivity index (χ4n) is 3.69. The summed E-state index contributed by atoms with van der Waals surface area (Å²) in [6.07, 6.45) is 16.4. The van der Waals surface area contributed by atoms with E-state index in [9.17, 15) is 0 Å². The van der Waals surface area contributed by atoms with Gasteiger partial charge in [-0.05, 0) is 44.6 Å². The van der Waals surface area contributed by atoms with Crippen LogP contribution in [-0.2, 0) is 11.2 Å². The monoisotopic (exact) mass is 340 g/mol. The molecule has 1 aliphatic rings. The number of hydrogen-bond donors (Lipinski definition) is 0. The van der Waals surface area contributed by atoms with Crippen LogP contribution in [0.1, 0.15) is 76.7 Å². The maximum absolute atomic E-state index is 5.67. The van der Waals surface area contributed by atoms with E-state index in [0.29, 0.717) is 0 Å². The number of rotatable bonds is 14. The zero-order valence-electron chi connectivity index (χ0n) is 16.1. The predicted octanol–water partition coefficient (Wildman–Crippen LogP) is 7.03. The lowest BCUT2D eigenvalue weighted by molar-refractivity contribution is 0.312. The standard InChI is InChI=1S/C24H36O/c1-4-23-24(3,25-23)20-21(2)16-12-9-7-5-6-8-10-13-17-22-18-14-11-15-19-22/h4,11,14-15,18-19,23H,1-2,5-10,12-13,16-17,20H2,3H3/t23-,24+/m0/s1. The van der Waals surface area contributed by atoms with Gasteiger partial charge in [0.25, 0.3) is 0 Å². The molecule has 138 valence electrons. The van der Waals surface area contributed by atoms with Crippen LogP contribution in [0.15, 0.2) is 55.1 Å². The first kappa shape index (κ1) is 20.0. The molecule has 0 aliphatic carbocycles. The smallest absolute Gasteiger partial charge is 0.105 e. The molecule has 1 fully saturated rings. The van der Waals surface area contributed by atoms with Gasteiger partial charge >= 0.3 is 0 Å². The van der Waals surface area contributed by atoms with Gasteiger partial charge in [0, 0.05) is 0 Å². The molecule has 0 amide bonds. The van der Waals surface area contributed by atoms with Crippen LogP contribution in [0.3, 0.4) is 0 Å². The van der Waals surface area contributed by atoms with E-state index in [-0.39, 0.29) is 11.7 Å². The average Bonchev–Trinajstić information content (AvgIpc) is 3.27. The molecule has 1 heterocycles. The van der Waals surface area contributed by atoms with Gasteiger partial charge in [-0.3, -0.25) is 0 Å². The fourth-order valence-corrected chi connectivity index (χ4v) is 3.69. The first-order chi connectivity index (χ1) is 12.1. The summed E-state index contributed by atoms with van der Waals surface area (Å²) in [6.45, 7) is 10.2. The minimum Gasteiger partial charge on any atom is -0.362 e. The van der Waals surface area contributed by atoms with E-state index in [1.165, 1.54) is 68.9 Å². The summed E-state index contributed by atoms with van der Waals surface area (Å²) in [5, 5.41) is 0. The first-order valence-corrected chi connectivity index (χ1v) is 10.1. The van der Waals surface area contributed by atoms with Gasteiger partial charge < -0.3 is 4.74 Å². The first-order valence-electron chi connectivity index (χ1n) is 10.1. The Morgan fingerprint density at radius 1 is 1.00 bits per heavy atom. The molecule has 1 aliphatic heterocycles. The Hall–Kier alpha value is -1.34. The summed E-state index contributed by atoms with van der Waals surface area (Å²) in [5.74, 6) is 0. The Balaban J connectivity index is 1.36. The Bertz CT molecular complexity index is 518.